The number of nitrogens with one attached hydrogen (secondary N) is 2. The summed E-state index contributed by atoms with van der Waals surface area (Å²) in [7, 11) is 0. The number of fused-ring (bicyclic) bond motifs is 1. The molecule has 4 heterocycles. The van der Waals surface area contributed by atoms with Crippen LogP contribution < -0.4 is 20.3 Å². The van der Waals surface area contributed by atoms with E-state index in [1.165, 1.54) is 0 Å². The summed E-state index contributed by atoms with van der Waals surface area (Å²) in [5.41, 5.74) is 4.04. The highest BCUT2D eigenvalue weighted by Gasteiger charge is 2.23. The predicted molar refractivity (Wildman–Crippen MR) is 122 cm³/mol. The van der Waals surface area contributed by atoms with Crippen molar-refractivity contribution in [2.45, 2.75) is 38.8 Å². The summed E-state index contributed by atoms with van der Waals surface area (Å²) < 4.78 is 8.00. The van der Waals surface area contributed by atoms with Crippen LogP contribution in [-0.4, -0.2) is 40.5 Å². The number of rotatable bonds is 6. The Labute approximate surface area is 186 Å². The number of hydrazone groups is 1. The van der Waals surface area contributed by atoms with Gasteiger partial charge in [0.2, 0.25) is 0 Å². The number of nitrogens with two attached hydrogens (primary N) is 1. The van der Waals surface area contributed by atoms with Gasteiger partial charge in [-0.2, -0.15) is 10.4 Å². The van der Waals surface area contributed by atoms with Gasteiger partial charge in [0.1, 0.15) is 24.1 Å². The van der Waals surface area contributed by atoms with Crippen LogP contribution in [0.4, 0.5) is 0 Å². The first-order valence-electron chi connectivity index (χ1n) is 10.7. The SMILES string of the molecule is CC(=NC1CCNCC1)/C(=N\N)c1cc(O[C@H](C)c2ccccn2)[n+]2c(C#N)c[nH]c2c1. The first-order chi connectivity index (χ1) is 15.6. The van der Waals surface area contributed by atoms with Crippen LogP contribution in [0.15, 0.2) is 52.8 Å². The van der Waals surface area contributed by atoms with E-state index in [9.17, 15) is 5.26 Å². The number of piperidine rings is 1. The van der Waals surface area contributed by atoms with Crippen molar-refractivity contribution in [3.8, 4) is 11.9 Å². The molecule has 1 aliphatic rings. The first kappa shape index (κ1) is 21.5. The zero-order valence-electron chi connectivity index (χ0n) is 18.2. The van der Waals surface area contributed by atoms with Crippen molar-refractivity contribution in [2.75, 3.05) is 13.1 Å². The van der Waals surface area contributed by atoms with E-state index in [0.29, 0.717) is 22.9 Å². The smallest absolute Gasteiger partial charge is 0.291 e. The quantitative estimate of drug-likeness (QED) is 0.238. The van der Waals surface area contributed by atoms with Crippen LogP contribution in [0.3, 0.4) is 0 Å². The number of nitriles is 1. The molecule has 0 radical (unpaired) electrons. The van der Waals surface area contributed by atoms with Crippen LogP contribution in [0.1, 0.15) is 49.7 Å². The van der Waals surface area contributed by atoms with E-state index in [0.717, 1.165) is 42.9 Å². The van der Waals surface area contributed by atoms with Crippen LogP contribution in [0.25, 0.3) is 5.65 Å². The summed E-state index contributed by atoms with van der Waals surface area (Å²) in [6, 6.07) is 11.9. The minimum Gasteiger partial charge on any atom is -0.452 e. The average molecular weight is 432 g/mol. The average Bonchev–Trinajstić information content (AvgIpc) is 3.24. The minimum atomic E-state index is -0.327. The van der Waals surface area contributed by atoms with Gasteiger partial charge >= 0.3 is 0 Å². The van der Waals surface area contributed by atoms with Gasteiger partial charge in [-0.25, -0.2) is 4.98 Å². The molecule has 0 unspecified atom stereocenters. The number of aromatic amines is 1. The summed E-state index contributed by atoms with van der Waals surface area (Å²) >= 11 is 0. The first-order valence-corrected chi connectivity index (χ1v) is 10.7. The molecule has 0 saturated carbocycles. The molecule has 32 heavy (non-hydrogen) atoms. The molecule has 4 N–H and O–H groups in total. The summed E-state index contributed by atoms with van der Waals surface area (Å²) in [4.78, 5) is 12.4. The summed E-state index contributed by atoms with van der Waals surface area (Å²) in [6.07, 6.45) is 5.02. The third-order valence-electron chi connectivity index (χ3n) is 5.58. The summed E-state index contributed by atoms with van der Waals surface area (Å²) in [6.45, 7) is 5.77. The van der Waals surface area contributed by atoms with E-state index >= 15 is 0 Å². The molecule has 1 atom stereocenters. The van der Waals surface area contributed by atoms with E-state index < -0.39 is 0 Å². The van der Waals surface area contributed by atoms with Crippen molar-refractivity contribution < 1.29 is 9.14 Å². The van der Waals surface area contributed by atoms with Crippen LogP contribution in [-0.2, 0) is 0 Å². The van der Waals surface area contributed by atoms with Gasteiger partial charge in [0.15, 0.2) is 0 Å². The minimum absolute atomic E-state index is 0.252. The van der Waals surface area contributed by atoms with Crippen molar-refractivity contribution in [1.29, 1.82) is 5.26 Å². The number of aromatic nitrogens is 3. The summed E-state index contributed by atoms with van der Waals surface area (Å²) in [5.74, 6) is 6.29. The lowest BCUT2D eigenvalue weighted by atomic mass is 10.0. The largest absolute Gasteiger partial charge is 0.452 e. The van der Waals surface area contributed by atoms with Crippen molar-refractivity contribution in [2.24, 2.45) is 15.9 Å². The number of hydrogen-bond acceptors (Lipinski definition) is 7. The number of nitrogens with zero attached hydrogens (tertiary/aromatic N) is 5. The highest BCUT2D eigenvalue weighted by molar-refractivity contribution is 6.47. The monoisotopic (exact) mass is 431 g/mol. The maximum absolute atomic E-state index is 9.57. The zero-order chi connectivity index (χ0) is 22.5. The molecule has 0 aromatic carbocycles. The number of pyridine rings is 2. The van der Waals surface area contributed by atoms with Gasteiger partial charge in [0, 0.05) is 23.9 Å². The predicted octanol–water partition coefficient (Wildman–Crippen LogP) is 2.04. The van der Waals surface area contributed by atoms with Gasteiger partial charge < -0.3 is 15.9 Å². The molecule has 4 rings (SSSR count). The van der Waals surface area contributed by atoms with Gasteiger partial charge in [-0.3, -0.25) is 9.98 Å². The van der Waals surface area contributed by atoms with E-state index in [4.69, 9.17) is 15.6 Å². The Balaban J connectivity index is 1.73. The van der Waals surface area contributed by atoms with Crippen LogP contribution in [0.5, 0.6) is 5.88 Å². The third kappa shape index (κ3) is 4.45. The Hall–Kier alpha value is -3.77. The number of aliphatic imine (C=N–C) groups is 1. The maximum atomic E-state index is 9.57. The number of hydrogen-bond donors (Lipinski definition) is 3. The van der Waals surface area contributed by atoms with Crippen molar-refractivity contribution in [1.82, 2.24) is 15.3 Å². The molecule has 164 valence electrons. The molecule has 0 aliphatic carbocycles. The second-order valence-corrected chi connectivity index (χ2v) is 7.78. The molecule has 0 bridgehead atoms. The standard InChI is InChI=1S/C23H26N8O/c1-15(29-18-6-9-26-10-7-18)23(30-25)17-11-21-28-14-19(13-24)31(21)22(12-17)32-16(2)20-5-3-4-8-27-20/h3-5,8,11-12,14,16,18,26H,6-7,9-10H2,1-2H3,(H2,25,28,29)/p+1/t16-/m1/s1. The molecule has 9 heteroatoms. The molecule has 1 fully saturated rings. The molecule has 3 aromatic heterocycles. The molecule has 0 amide bonds. The Bertz CT molecular complexity index is 1190. The molecule has 1 saturated heterocycles. The second-order valence-electron chi connectivity index (χ2n) is 7.78. The van der Waals surface area contributed by atoms with E-state index in [2.05, 4.69) is 26.5 Å². The van der Waals surface area contributed by atoms with Crippen molar-refractivity contribution in [3.63, 3.8) is 0 Å². The molecular weight excluding hydrogens is 404 g/mol. The molecular formula is C23H27N8O+. The van der Waals surface area contributed by atoms with Crippen LogP contribution in [0.2, 0.25) is 0 Å². The third-order valence-corrected chi connectivity index (χ3v) is 5.58. The van der Waals surface area contributed by atoms with Gasteiger partial charge in [-0.1, -0.05) is 6.07 Å². The van der Waals surface area contributed by atoms with Gasteiger partial charge in [-0.05, 0) is 51.9 Å². The number of imidazole rings is 1. The highest BCUT2D eigenvalue weighted by atomic mass is 16.5. The van der Waals surface area contributed by atoms with Gasteiger partial charge in [0.05, 0.1) is 17.4 Å². The Morgan fingerprint density at radius 1 is 1.34 bits per heavy atom. The van der Waals surface area contributed by atoms with Gasteiger partial charge in [0.25, 0.3) is 17.2 Å². The molecule has 9 nitrogen and oxygen atoms in total. The van der Waals surface area contributed by atoms with Crippen molar-refractivity contribution in [3.05, 3.63) is 59.7 Å². The van der Waals surface area contributed by atoms with E-state index in [-0.39, 0.29) is 12.1 Å². The lowest BCUT2D eigenvalue weighted by molar-refractivity contribution is -0.525. The lowest BCUT2D eigenvalue weighted by Gasteiger charge is -2.20. The van der Waals surface area contributed by atoms with Gasteiger partial charge in [-0.15, -0.1) is 4.40 Å². The Morgan fingerprint density at radius 2 is 2.16 bits per heavy atom. The van der Waals surface area contributed by atoms with E-state index in [1.54, 1.807) is 16.8 Å². The van der Waals surface area contributed by atoms with Crippen LogP contribution >= 0.6 is 0 Å². The Morgan fingerprint density at radius 3 is 2.84 bits per heavy atom. The lowest BCUT2D eigenvalue weighted by Crippen LogP contribution is -2.31. The summed E-state index contributed by atoms with van der Waals surface area (Å²) in [5, 5.41) is 17.0. The second kappa shape index (κ2) is 9.58. The fraction of sp³-hybridized carbons (Fsp3) is 0.348. The molecule has 1 aliphatic heterocycles. The number of H-pyrrole nitrogens is 1. The fourth-order valence-electron chi connectivity index (χ4n) is 3.94. The fourth-order valence-corrected chi connectivity index (χ4v) is 3.94. The Kier molecular flexibility index (Phi) is 6.42. The number of ether oxygens (including phenoxy) is 1. The maximum Gasteiger partial charge on any atom is 0.291 e. The highest BCUT2D eigenvalue weighted by Crippen LogP contribution is 2.21. The van der Waals surface area contributed by atoms with E-state index in [1.807, 2.05) is 44.2 Å². The molecule has 3 aromatic rings. The van der Waals surface area contributed by atoms with Crippen LogP contribution in [0, 0.1) is 11.3 Å². The topological polar surface area (TPSA) is 129 Å². The zero-order valence-corrected chi connectivity index (χ0v) is 18.2. The van der Waals surface area contributed by atoms with Crippen molar-refractivity contribution >= 4 is 17.1 Å². The normalized spacial score (nSPS) is 16.7. The molecule has 0 spiro atoms.